The number of rotatable bonds is 11. The van der Waals surface area contributed by atoms with Gasteiger partial charge in [0.15, 0.2) is 0 Å². The third kappa shape index (κ3) is 13.5. The van der Waals surface area contributed by atoms with Crippen molar-refractivity contribution in [3.63, 3.8) is 0 Å². The van der Waals surface area contributed by atoms with Crippen molar-refractivity contribution >= 4 is 17.0 Å². The molecule has 352 valence electrons. The van der Waals surface area contributed by atoms with Crippen LogP contribution in [0.1, 0.15) is 121 Å². The van der Waals surface area contributed by atoms with E-state index in [-0.39, 0.29) is 23.4 Å². The predicted octanol–water partition coefficient (Wildman–Crippen LogP) is 17.4. The second kappa shape index (κ2) is 26.6. The molecule has 2 aromatic carbocycles. The summed E-state index contributed by atoms with van der Waals surface area (Å²) in [5.74, 6) is 3.11. The van der Waals surface area contributed by atoms with Crippen molar-refractivity contribution < 1.29 is 0 Å². The maximum absolute atomic E-state index is 5.99. The number of benzene rings is 2. The molecular formula is C65H77N3. The van der Waals surface area contributed by atoms with E-state index in [1.807, 2.05) is 58.0 Å². The van der Waals surface area contributed by atoms with Crippen LogP contribution in [0.15, 0.2) is 216 Å². The predicted molar refractivity (Wildman–Crippen MR) is 299 cm³/mol. The molecule has 0 N–H and O–H groups in total. The van der Waals surface area contributed by atoms with Crippen LogP contribution in [0.4, 0.5) is 5.69 Å². The average Bonchev–Trinajstić information content (AvgIpc) is 3.63. The summed E-state index contributed by atoms with van der Waals surface area (Å²) in [6, 6.07) is 21.4. The van der Waals surface area contributed by atoms with E-state index in [1.54, 1.807) is 0 Å². The van der Waals surface area contributed by atoms with Gasteiger partial charge in [-0.05, 0) is 145 Å². The van der Waals surface area contributed by atoms with E-state index < -0.39 is 0 Å². The molecule has 7 rings (SSSR count). The van der Waals surface area contributed by atoms with Crippen LogP contribution in [0.25, 0.3) is 5.57 Å². The Kier molecular flexibility index (Phi) is 20.5. The molecule has 1 aromatic heterocycles. The van der Waals surface area contributed by atoms with Gasteiger partial charge in [0.2, 0.25) is 0 Å². The minimum atomic E-state index is -0.172. The smallest absolute Gasteiger partial charge is 0.0703 e. The van der Waals surface area contributed by atoms with Gasteiger partial charge in [-0.15, -0.1) is 6.42 Å². The van der Waals surface area contributed by atoms with Crippen molar-refractivity contribution in [3.8, 4) is 12.3 Å². The van der Waals surface area contributed by atoms with Crippen molar-refractivity contribution in [2.75, 3.05) is 11.4 Å². The number of terminal acetylenes is 1. The number of nitrogens with zero attached hydrogens (tertiary/aromatic N) is 3. The van der Waals surface area contributed by atoms with Crippen LogP contribution in [-0.4, -0.2) is 16.8 Å². The highest BCUT2D eigenvalue weighted by atomic mass is 15.2. The number of hydrogen-bond acceptors (Lipinski definition) is 2. The van der Waals surface area contributed by atoms with Crippen LogP contribution in [-0.2, 0) is 6.42 Å². The molecule has 4 aliphatic rings. The van der Waals surface area contributed by atoms with Crippen LogP contribution in [0.3, 0.4) is 0 Å². The Morgan fingerprint density at radius 2 is 1.60 bits per heavy atom. The van der Waals surface area contributed by atoms with E-state index in [0.29, 0.717) is 0 Å². The zero-order chi connectivity index (χ0) is 48.9. The summed E-state index contributed by atoms with van der Waals surface area (Å²) in [5.41, 5.74) is 14.5. The van der Waals surface area contributed by atoms with Gasteiger partial charge in [0.05, 0.1) is 17.8 Å². The first-order chi connectivity index (χ1) is 33.1. The lowest BCUT2D eigenvalue weighted by Gasteiger charge is -2.37. The topological polar surface area (TPSA) is 20.5 Å². The fraction of sp³-hybridized carbons (Fsp3) is 0.308. The Morgan fingerprint density at radius 3 is 2.31 bits per heavy atom. The molecule has 0 amide bonds. The lowest BCUT2D eigenvalue weighted by Crippen LogP contribution is -2.35. The lowest BCUT2D eigenvalue weighted by atomic mass is 9.79. The third-order valence-electron chi connectivity index (χ3n) is 13.3. The van der Waals surface area contributed by atoms with Crippen LogP contribution in [0.2, 0.25) is 0 Å². The maximum Gasteiger partial charge on any atom is 0.0703 e. The SMILES string of the molecule is C#C/C(=C\C=C(/C)C1=NC(/C2=C/C=CC(C)(C3=CCC=CC=C3)/C=C\C2)=CC(/C=C/C=CC(/C=C\C)n2c(C)c(C)c3c2C(C)N(c2ccccc2)CC3)CC1)c1ccccc1.C/C=C\C.CC. The highest BCUT2D eigenvalue weighted by molar-refractivity contribution is 6.01. The molecule has 3 nitrogen and oxygen atoms in total. The summed E-state index contributed by atoms with van der Waals surface area (Å²) in [4.78, 5) is 8.00. The monoisotopic (exact) mass is 900 g/mol. The van der Waals surface area contributed by atoms with Crippen LogP contribution < -0.4 is 4.90 Å². The van der Waals surface area contributed by atoms with Gasteiger partial charge >= 0.3 is 0 Å². The number of para-hydroxylation sites is 1. The molecule has 0 spiro atoms. The largest absolute Gasteiger partial charge is 0.363 e. The maximum atomic E-state index is 5.99. The van der Waals surface area contributed by atoms with E-state index >= 15 is 0 Å². The zero-order valence-corrected chi connectivity index (χ0v) is 42.8. The molecule has 2 aliphatic heterocycles. The average molecular weight is 900 g/mol. The van der Waals surface area contributed by atoms with Crippen molar-refractivity contribution in [2.24, 2.45) is 16.3 Å². The number of aromatic nitrogens is 1. The number of allylic oxidation sites excluding steroid dienone is 25. The number of hydrogen-bond donors (Lipinski definition) is 0. The molecular weight excluding hydrogens is 823 g/mol. The minimum Gasteiger partial charge on any atom is -0.363 e. The first kappa shape index (κ1) is 52.3. The first-order valence-corrected chi connectivity index (χ1v) is 25.0. The lowest BCUT2D eigenvalue weighted by molar-refractivity contribution is 0.552. The van der Waals surface area contributed by atoms with Crippen molar-refractivity contribution in [2.45, 2.75) is 113 Å². The Morgan fingerprint density at radius 1 is 0.868 bits per heavy atom. The van der Waals surface area contributed by atoms with E-state index in [2.05, 4.69) is 215 Å². The van der Waals surface area contributed by atoms with Crippen molar-refractivity contribution in [1.29, 1.82) is 0 Å². The summed E-state index contributed by atoms with van der Waals surface area (Å²) in [7, 11) is 0. The van der Waals surface area contributed by atoms with Gasteiger partial charge < -0.3 is 9.47 Å². The number of aliphatic imine (C=N–C) groups is 1. The van der Waals surface area contributed by atoms with Crippen molar-refractivity contribution in [1.82, 2.24) is 4.57 Å². The summed E-state index contributed by atoms with van der Waals surface area (Å²) < 4.78 is 2.58. The second-order valence-electron chi connectivity index (χ2n) is 17.7. The van der Waals surface area contributed by atoms with Gasteiger partial charge in [-0.3, -0.25) is 4.99 Å². The fourth-order valence-corrected chi connectivity index (χ4v) is 9.31. The molecule has 0 fully saturated rings. The van der Waals surface area contributed by atoms with E-state index in [0.717, 1.165) is 66.8 Å². The number of anilines is 1. The molecule has 0 saturated heterocycles. The Labute approximate surface area is 412 Å². The van der Waals surface area contributed by atoms with Gasteiger partial charge in [-0.25, -0.2) is 0 Å². The molecule has 0 saturated carbocycles. The van der Waals surface area contributed by atoms with Gasteiger partial charge in [0, 0.05) is 40.3 Å². The van der Waals surface area contributed by atoms with Gasteiger partial charge in [0.1, 0.15) is 0 Å². The summed E-state index contributed by atoms with van der Waals surface area (Å²) in [5, 5.41) is 0. The normalized spacial score (nSPS) is 22.6. The molecule has 3 heterocycles. The summed E-state index contributed by atoms with van der Waals surface area (Å²) in [6.45, 7) is 22.6. The molecule has 4 unspecified atom stereocenters. The van der Waals surface area contributed by atoms with Crippen LogP contribution in [0.5, 0.6) is 0 Å². The number of fused-ring (bicyclic) bond motifs is 1. The van der Waals surface area contributed by atoms with Crippen LogP contribution >= 0.6 is 0 Å². The zero-order valence-electron chi connectivity index (χ0n) is 42.8. The molecule has 3 aromatic rings. The highest BCUT2D eigenvalue weighted by Crippen LogP contribution is 2.40. The molecule has 0 radical (unpaired) electrons. The molecule has 4 atom stereocenters. The van der Waals surface area contributed by atoms with Gasteiger partial charge in [0.25, 0.3) is 0 Å². The van der Waals surface area contributed by atoms with Crippen LogP contribution in [0, 0.1) is 37.5 Å². The fourth-order valence-electron chi connectivity index (χ4n) is 9.31. The van der Waals surface area contributed by atoms with E-state index in [9.17, 15) is 0 Å². The van der Waals surface area contributed by atoms with E-state index in [1.165, 1.54) is 39.3 Å². The quantitative estimate of drug-likeness (QED) is 0.107. The molecule has 0 bridgehead atoms. The Hall–Kier alpha value is -6.63. The van der Waals surface area contributed by atoms with Gasteiger partial charge in [-0.2, -0.15) is 0 Å². The summed E-state index contributed by atoms with van der Waals surface area (Å²) >= 11 is 0. The molecule has 3 heteroatoms. The second-order valence-corrected chi connectivity index (χ2v) is 17.7. The Balaban J connectivity index is 0.00000137. The first-order valence-electron chi connectivity index (χ1n) is 25.0. The van der Waals surface area contributed by atoms with Crippen molar-refractivity contribution in [3.05, 3.63) is 239 Å². The molecule has 68 heavy (non-hydrogen) atoms. The minimum absolute atomic E-state index is 0.106. The Bertz CT molecular complexity index is 2620. The highest BCUT2D eigenvalue weighted by Gasteiger charge is 2.32. The van der Waals surface area contributed by atoms with Gasteiger partial charge in [-0.1, -0.05) is 190 Å². The molecule has 2 aliphatic carbocycles. The standard InChI is InChI=1S/C59H63N3.C4H8.C2H6/c1-8-24-54(62-46(5)45(4)55-39-42-61(47(6)58(55)62)53-32-18-13-19-33-53)34-21-20-25-48-36-38-56(44(3)35-37-49(9-2)50-26-14-12-15-27-50)60-57(43-48)51-28-22-40-59(7,41-23-29-51)52-30-16-10-11-17-31-52;1-3-4-2;1-2/h2,8,10-16,18-28,30-35,37,40-41,43,47-48,54H,17,29,36,38-39,42H2,1,3-7H3;3-4H,1-2H3;1-2H3/b24-8-,25-20+,34-21?,40-22?,41-23-,44-35+,49-37+,51-28+;4-3-;. The third-order valence-corrected chi connectivity index (χ3v) is 13.3. The van der Waals surface area contributed by atoms with E-state index in [4.69, 9.17) is 11.4 Å². The summed E-state index contributed by atoms with van der Waals surface area (Å²) in [6.07, 6.45) is 57.5.